The van der Waals surface area contributed by atoms with Crippen LogP contribution in [0.3, 0.4) is 0 Å². The van der Waals surface area contributed by atoms with Crippen LogP contribution in [0, 0.1) is 27.7 Å². The third kappa shape index (κ3) is 4.78. The van der Waals surface area contributed by atoms with Crippen molar-refractivity contribution >= 4 is 0 Å². The quantitative estimate of drug-likeness (QED) is 0.455. The molecule has 0 unspecified atom stereocenters. The van der Waals surface area contributed by atoms with Crippen LogP contribution in [-0.4, -0.2) is 19.6 Å². The summed E-state index contributed by atoms with van der Waals surface area (Å²) in [5, 5.41) is 13.2. The molecule has 0 saturated carbocycles. The van der Waals surface area contributed by atoms with Crippen LogP contribution in [-0.2, 0) is 26.2 Å². The maximum atomic E-state index is 4.78. The summed E-state index contributed by atoms with van der Waals surface area (Å²) < 4.78 is 4.21. The van der Waals surface area contributed by atoms with Crippen molar-refractivity contribution in [3.05, 3.63) is 106 Å². The maximum absolute atomic E-state index is 4.78. The third-order valence-electron chi connectivity index (χ3n) is 6.02. The van der Waals surface area contributed by atoms with Crippen molar-refractivity contribution in [3.8, 4) is 0 Å². The van der Waals surface area contributed by atoms with Gasteiger partial charge in [0, 0.05) is 35.6 Å². The lowest BCUT2D eigenvalue weighted by Gasteiger charge is -2.08. The van der Waals surface area contributed by atoms with E-state index < -0.39 is 0 Å². The van der Waals surface area contributed by atoms with E-state index in [4.69, 9.17) is 10.2 Å². The number of nitrogens with one attached hydrogen (secondary N) is 1. The normalized spacial score (nSPS) is 11.2. The van der Waals surface area contributed by atoms with Gasteiger partial charge in [0.25, 0.3) is 0 Å². The predicted molar refractivity (Wildman–Crippen MR) is 125 cm³/mol. The van der Waals surface area contributed by atoms with Crippen molar-refractivity contribution < 1.29 is 0 Å². The van der Waals surface area contributed by atoms with Gasteiger partial charge in [-0.2, -0.15) is 10.2 Å². The summed E-state index contributed by atoms with van der Waals surface area (Å²) in [5.41, 5.74) is 9.73. The first kappa shape index (κ1) is 21.1. The van der Waals surface area contributed by atoms with Gasteiger partial charge in [-0.05, 0) is 38.8 Å². The number of rotatable bonds is 8. The molecular weight excluding hydrogens is 382 g/mol. The molecule has 0 spiro atoms. The molecule has 0 atom stereocenters. The molecule has 0 bridgehead atoms. The van der Waals surface area contributed by atoms with Gasteiger partial charge in [0.05, 0.1) is 24.5 Å². The average molecular weight is 414 g/mol. The Bertz CT molecular complexity index is 1050. The monoisotopic (exact) mass is 413 g/mol. The molecule has 0 saturated heterocycles. The first-order valence-corrected chi connectivity index (χ1v) is 10.9. The predicted octanol–water partition coefficient (Wildman–Crippen LogP) is 4.70. The maximum Gasteiger partial charge on any atom is 0.0662 e. The molecule has 0 aliphatic rings. The molecule has 0 amide bonds. The molecule has 0 aliphatic carbocycles. The SMILES string of the molecule is Cc1nn(Cc2ccccc2)c(C)c1CNCc1c(C)nn(Cc2ccccc2)c1C. The minimum atomic E-state index is 0.801. The summed E-state index contributed by atoms with van der Waals surface area (Å²) in [6.45, 7) is 11.7. The van der Waals surface area contributed by atoms with E-state index in [1.165, 1.54) is 33.6 Å². The van der Waals surface area contributed by atoms with E-state index in [0.29, 0.717) is 0 Å². The van der Waals surface area contributed by atoms with Gasteiger partial charge < -0.3 is 5.32 Å². The standard InChI is InChI=1S/C26H31N5/c1-19-25(21(3)30(28-19)17-23-11-7-5-8-12-23)15-27-16-26-20(2)29-31(22(26)4)18-24-13-9-6-10-14-24/h5-14,27H,15-18H2,1-4H3. The van der Waals surface area contributed by atoms with E-state index in [-0.39, 0.29) is 0 Å². The van der Waals surface area contributed by atoms with Crippen molar-refractivity contribution in [1.82, 2.24) is 24.9 Å². The first-order chi connectivity index (χ1) is 15.0. The van der Waals surface area contributed by atoms with Crippen LogP contribution in [0.1, 0.15) is 45.0 Å². The number of hydrogen-bond donors (Lipinski definition) is 1. The van der Waals surface area contributed by atoms with E-state index in [2.05, 4.69) is 90.9 Å². The van der Waals surface area contributed by atoms with Crippen molar-refractivity contribution in [3.63, 3.8) is 0 Å². The van der Waals surface area contributed by atoms with Gasteiger partial charge in [0.15, 0.2) is 0 Å². The second-order valence-electron chi connectivity index (χ2n) is 8.19. The molecule has 160 valence electrons. The molecule has 31 heavy (non-hydrogen) atoms. The summed E-state index contributed by atoms with van der Waals surface area (Å²) in [6.07, 6.45) is 0. The fourth-order valence-electron chi connectivity index (χ4n) is 4.11. The molecule has 4 aromatic rings. The van der Waals surface area contributed by atoms with Gasteiger partial charge >= 0.3 is 0 Å². The molecule has 0 fully saturated rings. The Morgan fingerprint density at radius 1 is 0.613 bits per heavy atom. The number of aromatic nitrogens is 4. The second-order valence-corrected chi connectivity index (χ2v) is 8.19. The largest absolute Gasteiger partial charge is 0.308 e. The van der Waals surface area contributed by atoms with Gasteiger partial charge in [-0.25, -0.2) is 0 Å². The van der Waals surface area contributed by atoms with Gasteiger partial charge in [-0.15, -0.1) is 0 Å². The van der Waals surface area contributed by atoms with Gasteiger partial charge in [-0.1, -0.05) is 60.7 Å². The lowest BCUT2D eigenvalue weighted by molar-refractivity contribution is 0.647. The minimum absolute atomic E-state index is 0.801. The second kappa shape index (κ2) is 9.31. The molecule has 2 aromatic heterocycles. The summed E-state index contributed by atoms with van der Waals surface area (Å²) >= 11 is 0. The molecule has 1 N–H and O–H groups in total. The van der Waals surface area contributed by atoms with Gasteiger partial charge in [0.1, 0.15) is 0 Å². The highest BCUT2D eigenvalue weighted by molar-refractivity contribution is 5.28. The fourth-order valence-corrected chi connectivity index (χ4v) is 4.11. The summed E-state index contributed by atoms with van der Waals surface area (Å²) in [4.78, 5) is 0. The molecule has 2 heterocycles. The highest BCUT2D eigenvalue weighted by Crippen LogP contribution is 2.17. The molecular formula is C26H31N5. The Hall–Kier alpha value is -3.18. The molecule has 5 nitrogen and oxygen atoms in total. The third-order valence-corrected chi connectivity index (χ3v) is 6.02. The molecule has 4 rings (SSSR count). The Kier molecular flexibility index (Phi) is 6.33. The molecule has 0 radical (unpaired) electrons. The van der Waals surface area contributed by atoms with E-state index in [1.807, 2.05) is 12.1 Å². The van der Waals surface area contributed by atoms with Gasteiger partial charge in [0.2, 0.25) is 0 Å². The lowest BCUT2D eigenvalue weighted by atomic mass is 10.1. The molecule has 0 aliphatic heterocycles. The average Bonchev–Trinajstić information content (AvgIpc) is 3.19. The fraction of sp³-hybridized carbons (Fsp3) is 0.308. The topological polar surface area (TPSA) is 47.7 Å². The van der Waals surface area contributed by atoms with E-state index in [1.54, 1.807) is 0 Å². The highest BCUT2D eigenvalue weighted by atomic mass is 15.3. The van der Waals surface area contributed by atoms with Crippen LogP contribution in [0.5, 0.6) is 0 Å². The zero-order valence-electron chi connectivity index (χ0n) is 18.9. The zero-order valence-corrected chi connectivity index (χ0v) is 18.9. The molecule has 5 heteroatoms. The van der Waals surface area contributed by atoms with Gasteiger partial charge in [-0.3, -0.25) is 9.36 Å². The summed E-state index contributed by atoms with van der Waals surface area (Å²) in [7, 11) is 0. The Labute approximate surface area is 184 Å². The number of nitrogens with zero attached hydrogens (tertiary/aromatic N) is 4. The van der Waals surface area contributed by atoms with E-state index >= 15 is 0 Å². The van der Waals surface area contributed by atoms with Crippen LogP contribution >= 0.6 is 0 Å². The van der Waals surface area contributed by atoms with Crippen LogP contribution in [0.25, 0.3) is 0 Å². The Balaban J connectivity index is 1.42. The van der Waals surface area contributed by atoms with Crippen molar-refractivity contribution in [2.24, 2.45) is 0 Å². The van der Waals surface area contributed by atoms with Crippen molar-refractivity contribution in [2.45, 2.75) is 53.9 Å². The van der Waals surface area contributed by atoms with Crippen LogP contribution < -0.4 is 5.32 Å². The first-order valence-electron chi connectivity index (χ1n) is 10.9. The molecule has 2 aromatic carbocycles. The van der Waals surface area contributed by atoms with Crippen molar-refractivity contribution in [2.75, 3.05) is 0 Å². The smallest absolute Gasteiger partial charge is 0.0662 e. The van der Waals surface area contributed by atoms with E-state index in [9.17, 15) is 0 Å². The van der Waals surface area contributed by atoms with Crippen LogP contribution in [0.2, 0.25) is 0 Å². The number of hydrogen-bond acceptors (Lipinski definition) is 3. The van der Waals surface area contributed by atoms with Crippen LogP contribution in [0.15, 0.2) is 60.7 Å². The highest BCUT2D eigenvalue weighted by Gasteiger charge is 2.14. The van der Waals surface area contributed by atoms with Crippen molar-refractivity contribution in [1.29, 1.82) is 0 Å². The zero-order chi connectivity index (χ0) is 21.8. The van der Waals surface area contributed by atoms with E-state index in [0.717, 1.165) is 37.6 Å². The summed E-state index contributed by atoms with van der Waals surface area (Å²) in [6, 6.07) is 21.0. The Morgan fingerprint density at radius 3 is 1.39 bits per heavy atom. The Morgan fingerprint density at radius 2 is 1.00 bits per heavy atom. The minimum Gasteiger partial charge on any atom is -0.308 e. The summed E-state index contributed by atoms with van der Waals surface area (Å²) in [5.74, 6) is 0. The number of aryl methyl sites for hydroxylation is 2. The number of benzene rings is 2. The van der Waals surface area contributed by atoms with Crippen LogP contribution in [0.4, 0.5) is 0 Å². The lowest BCUT2D eigenvalue weighted by Crippen LogP contribution is -2.15.